The number of rotatable bonds is 3. The van der Waals surface area contributed by atoms with Crippen molar-refractivity contribution in [2.75, 3.05) is 0 Å². The normalized spacial score (nSPS) is 11.3. The van der Waals surface area contributed by atoms with E-state index in [1.165, 1.54) is 0 Å². The molecule has 18 heavy (non-hydrogen) atoms. The Morgan fingerprint density at radius 2 is 1.61 bits per heavy atom. The number of allylic oxidation sites excluding steroid dienone is 1. The van der Waals surface area contributed by atoms with Crippen molar-refractivity contribution in [3.8, 4) is 0 Å². The van der Waals surface area contributed by atoms with E-state index in [0.29, 0.717) is 5.56 Å². The molecule has 2 nitrogen and oxygen atoms in total. The summed E-state index contributed by atoms with van der Waals surface area (Å²) >= 11 is 0. The fourth-order valence-electron chi connectivity index (χ4n) is 1.84. The van der Waals surface area contributed by atoms with Crippen molar-refractivity contribution in [1.29, 1.82) is 0 Å². The largest absolute Gasteiger partial charge is 0.478 e. The van der Waals surface area contributed by atoms with E-state index < -0.39 is 5.97 Å². The van der Waals surface area contributed by atoms with Crippen molar-refractivity contribution >= 4 is 17.6 Å². The first-order valence-corrected chi connectivity index (χ1v) is 5.74. The molecule has 0 aliphatic carbocycles. The minimum atomic E-state index is -0.900. The first kappa shape index (κ1) is 12.1. The SMILES string of the molecule is C/C(=C\c1ccccc1C(=O)O)c1ccccc1. The fraction of sp³-hybridized carbons (Fsp3) is 0.0625. The van der Waals surface area contributed by atoms with Gasteiger partial charge < -0.3 is 5.11 Å². The van der Waals surface area contributed by atoms with E-state index in [9.17, 15) is 4.79 Å². The third-order valence-electron chi connectivity index (χ3n) is 2.79. The fourth-order valence-corrected chi connectivity index (χ4v) is 1.84. The summed E-state index contributed by atoms with van der Waals surface area (Å²) in [6, 6.07) is 16.9. The van der Waals surface area contributed by atoms with Crippen LogP contribution in [-0.2, 0) is 0 Å². The molecule has 1 N–H and O–H groups in total. The highest BCUT2D eigenvalue weighted by Crippen LogP contribution is 2.19. The van der Waals surface area contributed by atoms with Crippen molar-refractivity contribution < 1.29 is 9.90 Å². The van der Waals surface area contributed by atoms with Gasteiger partial charge in [0.15, 0.2) is 0 Å². The maximum Gasteiger partial charge on any atom is 0.336 e. The van der Waals surface area contributed by atoms with Gasteiger partial charge in [-0.05, 0) is 29.7 Å². The highest BCUT2D eigenvalue weighted by atomic mass is 16.4. The van der Waals surface area contributed by atoms with Gasteiger partial charge in [0.25, 0.3) is 0 Å². The second-order valence-corrected chi connectivity index (χ2v) is 4.09. The zero-order chi connectivity index (χ0) is 13.0. The average molecular weight is 238 g/mol. The van der Waals surface area contributed by atoms with E-state index in [2.05, 4.69) is 0 Å². The first-order valence-electron chi connectivity index (χ1n) is 5.74. The van der Waals surface area contributed by atoms with Gasteiger partial charge in [-0.2, -0.15) is 0 Å². The molecule has 0 saturated heterocycles. The van der Waals surface area contributed by atoms with Gasteiger partial charge in [-0.15, -0.1) is 0 Å². The number of hydrogen-bond acceptors (Lipinski definition) is 1. The van der Waals surface area contributed by atoms with E-state index in [-0.39, 0.29) is 0 Å². The summed E-state index contributed by atoms with van der Waals surface area (Å²) in [6.07, 6.45) is 1.90. The molecular weight excluding hydrogens is 224 g/mol. The Hall–Kier alpha value is -2.35. The van der Waals surface area contributed by atoms with Crippen molar-refractivity contribution in [1.82, 2.24) is 0 Å². The number of aromatic carboxylic acids is 1. The standard InChI is InChI=1S/C16H14O2/c1-12(13-7-3-2-4-8-13)11-14-9-5-6-10-15(14)16(17)18/h2-11H,1H3,(H,17,18)/b12-11+. The highest BCUT2D eigenvalue weighted by Gasteiger charge is 2.07. The summed E-state index contributed by atoms with van der Waals surface area (Å²) in [5.74, 6) is -0.900. The van der Waals surface area contributed by atoms with E-state index in [1.807, 2.05) is 55.5 Å². The van der Waals surface area contributed by atoms with Crippen molar-refractivity contribution in [3.05, 3.63) is 71.3 Å². The second kappa shape index (κ2) is 5.32. The average Bonchev–Trinajstić information content (AvgIpc) is 2.40. The van der Waals surface area contributed by atoms with Crippen LogP contribution < -0.4 is 0 Å². The van der Waals surface area contributed by atoms with Crippen molar-refractivity contribution in [2.45, 2.75) is 6.92 Å². The molecule has 0 aliphatic rings. The van der Waals surface area contributed by atoms with Crippen LogP contribution in [0.1, 0.15) is 28.4 Å². The van der Waals surface area contributed by atoms with E-state index in [0.717, 1.165) is 16.7 Å². The lowest BCUT2D eigenvalue weighted by Crippen LogP contribution is -1.98. The smallest absolute Gasteiger partial charge is 0.336 e. The maximum absolute atomic E-state index is 11.1. The number of benzene rings is 2. The first-order chi connectivity index (χ1) is 8.68. The lowest BCUT2D eigenvalue weighted by Gasteiger charge is -2.04. The van der Waals surface area contributed by atoms with Crippen molar-refractivity contribution in [3.63, 3.8) is 0 Å². The molecule has 0 aliphatic heterocycles. The Balaban J connectivity index is 2.42. The Bertz CT molecular complexity index is 583. The van der Waals surface area contributed by atoms with Crippen LogP contribution in [0.3, 0.4) is 0 Å². The monoisotopic (exact) mass is 238 g/mol. The summed E-state index contributed by atoms with van der Waals surface area (Å²) in [4.78, 5) is 11.1. The Morgan fingerprint density at radius 1 is 1.00 bits per heavy atom. The lowest BCUT2D eigenvalue weighted by atomic mass is 10.0. The summed E-state index contributed by atoms with van der Waals surface area (Å²) in [5.41, 5.74) is 3.20. The predicted molar refractivity (Wildman–Crippen MR) is 73.4 cm³/mol. The Kier molecular flexibility index (Phi) is 3.58. The van der Waals surface area contributed by atoms with Gasteiger partial charge in [0.2, 0.25) is 0 Å². The minimum Gasteiger partial charge on any atom is -0.478 e. The van der Waals surface area contributed by atoms with Gasteiger partial charge in [-0.3, -0.25) is 0 Å². The van der Waals surface area contributed by atoms with Gasteiger partial charge >= 0.3 is 5.97 Å². The van der Waals surface area contributed by atoms with Crippen LogP contribution in [0.25, 0.3) is 11.6 Å². The number of carbonyl (C=O) groups is 1. The molecule has 0 aromatic heterocycles. The maximum atomic E-state index is 11.1. The third-order valence-corrected chi connectivity index (χ3v) is 2.79. The molecule has 0 unspecified atom stereocenters. The third kappa shape index (κ3) is 2.66. The molecule has 2 aromatic rings. The summed E-state index contributed by atoms with van der Waals surface area (Å²) in [7, 11) is 0. The van der Waals surface area contributed by atoms with E-state index in [1.54, 1.807) is 12.1 Å². The molecule has 0 fully saturated rings. The van der Waals surface area contributed by atoms with Crippen LogP contribution in [0.15, 0.2) is 54.6 Å². The molecule has 2 aromatic carbocycles. The van der Waals surface area contributed by atoms with Gasteiger partial charge in [-0.1, -0.05) is 54.6 Å². The predicted octanol–water partition coefficient (Wildman–Crippen LogP) is 3.95. The van der Waals surface area contributed by atoms with Gasteiger partial charge in [0.1, 0.15) is 0 Å². The van der Waals surface area contributed by atoms with Gasteiger partial charge in [-0.25, -0.2) is 4.79 Å². The minimum absolute atomic E-state index is 0.327. The van der Waals surface area contributed by atoms with Crippen LogP contribution in [0, 0.1) is 0 Å². The number of carboxylic acid groups (broad SMARTS) is 1. The summed E-state index contributed by atoms with van der Waals surface area (Å²) < 4.78 is 0. The molecule has 0 saturated carbocycles. The number of hydrogen-bond donors (Lipinski definition) is 1. The van der Waals surface area contributed by atoms with E-state index in [4.69, 9.17) is 5.11 Å². The quantitative estimate of drug-likeness (QED) is 0.822. The second-order valence-electron chi connectivity index (χ2n) is 4.09. The van der Waals surface area contributed by atoms with E-state index >= 15 is 0 Å². The molecule has 2 heteroatoms. The molecule has 0 bridgehead atoms. The molecule has 0 amide bonds. The summed E-state index contributed by atoms with van der Waals surface area (Å²) in [5, 5.41) is 9.12. The zero-order valence-corrected chi connectivity index (χ0v) is 10.1. The topological polar surface area (TPSA) is 37.3 Å². The molecule has 0 radical (unpaired) electrons. The lowest BCUT2D eigenvalue weighted by molar-refractivity contribution is 0.0696. The van der Waals surface area contributed by atoms with Crippen LogP contribution in [0.2, 0.25) is 0 Å². The molecular formula is C16H14O2. The summed E-state index contributed by atoms with van der Waals surface area (Å²) in [6.45, 7) is 1.98. The molecule has 0 spiro atoms. The highest BCUT2D eigenvalue weighted by molar-refractivity contribution is 5.94. The molecule has 90 valence electrons. The molecule has 2 rings (SSSR count). The van der Waals surface area contributed by atoms with Gasteiger partial charge in [0, 0.05) is 0 Å². The van der Waals surface area contributed by atoms with Crippen LogP contribution in [0.5, 0.6) is 0 Å². The van der Waals surface area contributed by atoms with Crippen LogP contribution >= 0.6 is 0 Å². The molecule has 0 atom stereocenters. The number of carboxylic acids is 1. The van der Waals surface area contributed by atoms with Crippen LogP contribution in [0.4, 0.5) is 0 Å². The Morgan fingerprint density at radius 3 is 2.28 bits per heavy atom. The van der Waals surface area contributed by atoms with Crippen LogP contribution in [-0.4, -0.2) is 11.1 Å². The molecule has 0 heterocycles. The Labute approximate surface area is 106 Å². The van der Waals surface area contributed by atoms with Crippen molar-refractivity contribution in [2.24, 2.45) is 0 Å². The zero-order valence-electron chi connectivity index (χ0n) is 10.1. The van der Waals surface area contributed by atoms with Gasteiger partial charge in [0.05, 0.1) is 5.56 Å².